The van der Waals surface area contributed by atoms with E-state index in [2.05, 4.69) is 34.6 Å². The number of hydrogen-bond donors (Lipinski definition) is 16. The first-order valence-electron chi connectivity index (χ1n) is 42.5. The number of nitrogens with zero attached hydrogens (tertiary/aromatic N) is 8. The van der Waals surface area contributed by atoms with Crippen LogP contribution in [-0.4, -0.2) is 253 Å². The van der Waals surface area contributed by atoms with Crippen molar-refractivity contribution in [3.8, 4) is 0 Å². The van der Waals surface area contributed by atoms with Gasteiger partial charge >= 0.3 is 53.6 Å². The highest BCUT2D eigenvalue weighted by molar-refractivity contribution is 8.14. The van der Waals surface area contributed by atoms with E-state index in [-0.39, 0.29) is 102 Å². The largest absolute Gasteiger partial charge is 0.694 e. The Bertz CT molecular complexity index is 5250. The number of nitrogen functional groups attached to an aromatic ring is 4. The van der Waals surface area contributed by atoms with Crippen LogP contribution in [0.5, 0.6) is 0 Å². The third-order valence-corrected chi connectivity index (χ3v) is 29.5. The number of rotatable bonds is 37. The summed E-state index contributed by atoms with van der Waals surface area (Å²) in [5, 5.41) is 96.8. The lowest BCUT2D eigenvalue weighted by molar-refractivity contribution is -0.120. The quantitative estimate of drug-likeness (QED) is 0.0151. The summed E-state index contributed by atoms with van der Waals surface area (Å²) in [7, 11) is -11.1. The Labute approximate surface area is 791 Å². The number of benzene rings is 3. The minimum Gasteiger partial charge on any atom is -0.398 e. The number of anilines is 4. The molecule has 3 aromatic carbocycles. The van der Waals surface area contributed by atoms with Crippen LogP contribution in [0.4, 0.5) is 23.3 Å². The molecule has 4 aromatic heterocycles. The van der Waals surface area contributed by atoms with E-state index < -0.39 is 180 Å². The molecule has 12 rings (SSSR count). The van der Waals surface area contributed by atoms with E-state index >= 15 is 0 Å². The van der Waals surface area contributed by atoms with Crippen molar-refractivity contribution in [1.29, 1.82) is 0 Å². The second-order valence-corrected chi connectivity index (χ2v) is 41.7. The number of aromatic nitrogens is 8. The molecular weight excluding hydrogens is 1890 g/mol. The van der Waals surface area contributed by atoms with Crippen LogP contribution in [0.2, 0.25) is 0 Å². The van der Waals surface area contributed by atoms with Crippen molar-refractivity contribution < 1.29 is 130 Å². The van der Waals surface area contributed by atoms with Gasteiger partial charge in [-0.1, -0.05) is 168 Å². The number of nitrogens with two attached hydrogens (primary N) is 4. The minimum atomic E-state index is -4.02. The Morgan fingerprint density at radius 1 is 0.489 bits per heavy atom. The van der Waals surface area contributed by atoms with Crippen molar-refractivity contribution in [1.82, 2.24) is 48.4 Å². The van der Waals surface area contributed by atoms with E-state index in [0.717, 1.165) is 72.0 Å². The van der Waals surface area contributed by atoms with Crippen LogP contribution in [0.15, 0.2) is 159 Å². The zero-order valence-electron chi connectivity index (χ0n) is 76.4. The summed E-state index contributed by atoms with van der Waals surface area (Å²) in [5.41, 5.74) is 13.4. The first-order chi connectivity index (χ1) is 63.4. The number of carbonyl (C=O) groups excluding carboxylic acids is 3. The monoisotopic (exact) mass is 2010 g/mol. The molecule has 0 radical (unpaired) electrons. The average molecular weight is 2010 g/mol. The molecule has 20 N–H and O–H groups in total. The summed E-state index contributed by atoms with van der Waals surface area (Å²) in [4.78, 5) is 107. The van der Waals surface area contributed by atoms with Crippen LogP contribution in [0.1, 0.15) is 132 Å². The fourth-order valence-electron chi connectivity index (χ4n) is 13.4. The first-order valence-corrected chi connectivity index (χ1v) is 49.6. The van der Waals surface area contributed by atoms with Gasteiger partial charge in [-0.3, -0.25) is 50.7 Å². The van der Waals surface area contributed by atoms with Crippen LogP contribution in [0, 0.1) is 16.2 Å². The number of thioether (sulfide) groups is 3. The molecule has 5 saturated heterocycles. The van der Waals surface area contributed by atoms with Gasteiger partial charge < -0.3 is 97.1 Å². The maximum atomic E-state index is 13.6. The molecular formula is C83H121BN14O31P3S3+. The highest BCUT2D eigenvalue weighted by Gasteiger charge is 2.64. The molecule has 7 aromatic rings. The van der Waals surface area contributed by atoms with Crippen LogP contribution in [0.25, 0.3) is 0 Å². The van der Waals surface area contributed by atoms with Gasteiger partial charge in [-0.25, -0.2) is 38.5 Å². The van der Waals surface area contributed by atoms with Crippen molar-refractivity contribution in [2.75, 3.05) is 93.0 Å². The number of aliphatic hydroxyl groups excluding tert-OH is 6. The van der Waals surface area contributed by atoms with Gasteiger partial charge in [0.05, 0.1) is 51.7 Å². The lowest BCUT2D eigenvalue weighted by Crippen LogP contribution is -2.46. The maximum Gasteiger partial charge on any atom is 0.694 e. The topological polar surface area (TPSA) is 674 Å². The van der Waals surface area contributed by atoms with Crippen LogP contribution in [-0.2, 0) is 92.0 Å². The van der Waals surface area contributed by atoms with E-state index in [1.165, 1.54) is 74.4 Å². The van der Waals surface area contributed by atoms with E-state index in [0.29, 0.717) is 12.2 Å². The zero-order chi connectivity index (χ0) is 100.0. The van der Waals surface area contributed by atoms with Gasteiger partial charge in [-0.05, 0) is 95.2 Å². The number of nitrogens with one attached hydrogen (secondary N) is 2. The summed E-state index contributed by atoms with van der Waals surface area (Å²) >= 11 is 3.17. The van der Waals surface area contributed by atoms with Gasteiger partial charge in [0, 0.05) is 70.5 Å². The van der Waals surface area contributed by atoms with Crippen LogP contribution >= 0.6 is 59.0 Å². The van der Waals surface area contributed by atoms with Gasteiger partial charge in [-0.15, -0.1) is 9.42 Å². The van der Waals surface area contributed by atoms with Crippen molar-refractivity contribution in [3.05, 3.63) is 193 Å². The average Bonchev–Trinajstić information content (AvgIpc) is 1.57. The van der Waals surface area contributed by atoms with E-state index in [1.54, 1.807) is 13.8 Å². The maximum absolute atomic E-state index is 13.6. The molecule has 0 amide bonds. The number of ether oxygens (including phenoxy) is 4. The Kier molecular flexibility index (Phi) is 41.1. The first kappa shape index (κ1) is 112. The molecule has 45 nitrogen and oxygen atoms in total. The van der Waals surface area contributed by atoms with Gasteiger partial charge in [0.2, 0.25) is 0 Å². The van der Waals surface area contributed by atoms with Crippen molar-refractivity contribution in [3.63, 3.8) is 0 Å². The highest BCUT2D eigenvalue weighted by Crippen LogP contribution is 2.50. The predicted molar refractivity (Wildman–Crippen MR) is 500 cm³/mol. The van der Waals surface area contributed by atoms with E-state index in [4.69, 9.17) is 79.3 Å². The third kappa shape index (κ3) is 29.9. The van der Waals surface area contributed by atoms with Gasteiger partial charge in [0.15, 0.2) is 40.3 Å². The van der Waals surface area contributed by atoms with Crippen molar-refractivity contribution in [2.45, 2.75) is 205 Å². The number of carbonyl (C=O) groups is 3. The number of fused-ring (bicyclic) bond motifs is 1. The minimum absolute atomic E-state index is 0.00440. The lowest BCUT2D eigenvalue weighted by atomic mass is 9.79. The Hall–Kier alpha value is -7.86. The molecule has 5 aliphatic rings. The summed E-state index contributed by atoms with van der Waals surface area (Å²) in [6.45, 7) is 18.7. The normalized spacial score (nSPS) is 26.3. The molecule has 135 heavy (non-hydrogen) atoms. The van der Waals surface area contributed by atoms with Crippen molar-refractivity contribution in [2.24, 2.45) is 16.2 Å². The number of aliphatic hydroxyl groups is 9. The molecule has 7 unspecified atom stereocenters. The molecule has 0 bridgehead atoms. The smallest absolute Gasteiger partial charge is 0.398 e. The van der Waals surface area contributed by atoms with Gasteiger partial charge in [0.25, 0.3) is 0 Å². The fraction of sp³-hybridized carbons (Fsp3) is 0.554. The lowest BCUT2D eigenvalue weighted by Gasteiger charge is -2.29. The van der Waals surface area contributed by atoms with E-state index in [1.807, 2.05) is 139 Å². The molecule has 52 heteroatoms. The third-order valence-electron chi connectivity index (χ3n) is 22.4. The van der Waals surface area contributed by atoms with Crippen molar-refractivity contribution >= 4 is 110 Å². The SMILES string of the molecule is CC(C)(CO)C(=O)SCCOP(=O)(NCc1ccccc1)OC[C@H]1OC(n2ccc(N)nc2=O)[C@](C)(O)[C@@H]1O.CCC(C)(C)C(=O)SCCOP(=O)(NCc1ccccc1)OC[C@H]1OC(n2ccc(N)nc2=O)[C@](C)(O)[C@@H]1O.CCC(C)(C)C(=O)SCCO[P+](=O)O.C[C@@]12OB(c3ccccc3)O[C@@H]1[C@@H](CO)OC2n1ccc(N)nc1=O.C[C@]1(O)C(n2ccc(N)nc2=O)O[C@H](CO)[C@H]1O. The van der Waals surface area contributed by atoms with Crippen LogP contribution in [0.3, 0.4) is 0 Å². The molecule has 19 atom stereocenters. The zero-order valence-corrected chi connectivity index (χ0v) is 81.5. The van der Waals surface area contributed by atoms with Gasteiger partial charge in [0.1, 0.15) is 101 Å². The summed E-state index contributed by atoms with van der Waals surface area (Å²) in [6.07, 6.45) is -6.46. The molecule has 9 heterocycles. The Morgan fingerprint density at radius 3 is 1.13 bits per heavy atom. The Balaban J connectivity index is 0.000000218. The number of hydrogen-bond acceptors (Lipinski definition) is 41. The summed E-state index contributed by atoms with van der Waals surface area (Å²) < 4.78 is 103. The second kappa shape index (κ2) is 49.3. The fourth-order valence-corrected chi connectivity index (χ4v) is 19.2. The highest BCUT2D eigenvalue weighted by atomic mass is 32.2. The predicted octanol–water partition coefficient (Wildman–Crippen LogP) is 2.97. The summed E-state index contributed by atoms with van der Waals surface area (Å²) in [5.74, 6) is 0.985. The molecule has 0 saturated carbocycles. The summed E-state index contributed by atoms with van der Waals surface area (Å²) in [6, 6.07) is 33.4. The molecule has 744 valence electrons. The van der Waals surface area contributed by atoms with E-state index in [9.17, 15) is 88.1 Å². The molecule has 0 aliphatic carbocycles. The Morgan fingerprint density at radius 2 is 0.807 bits per heavy atom. The molecule has 0 spiro atoms. The standard InChI is InChI=1S/C25H37N4O8PS.C24H35N4O9PS.C16H18BN3O5.C10H15N3O5.C8H15O4PS/c1-5-24(2,3)22(31)39-14-13-35-38(34,27-15-17-9-7-6-8-10-17)36-16-18-20(30)25(4,33)21(37-18)29-12-11-19(26)28-23(29)32;1-23(2,15-29)21(31)39-12-11-35-38(34,26-13-16-7-5-4-6-8-16)36-14-17-19(30)24(3,33)20(37-17)28-10-9-18(25)27-22(28)32;1-16-13(24-17(25-16)10-5-3-2-4-6-10)11(9-21)23-14(16)20-8-7-12(18)19-15(20)22;1-10(17)7(15)5(4-14)18-8(10)13-3-2-6(11)12-9(13)16;1-4-8(2,3)7(9)14-6-5-12-13(10)11/h6-12,18,20-21,30,33H,5,13-16H2,1-4H3,(H,27,34)(H2,26,28,32);4-10,17,19-20,29-30,33H,11-15H2,1-3H3,(H,26,34)(H2,25,27,32);2-8,11,13-14,21H,9H2,1H3,(H2,18,19,22);2-3,5,7-8,14-15,17H,4H2,1H3,(H2,11,12,16);4-6H2,1-3H3/p+1/t18-,20-,21?,25-,38?;17-,19-,20?,24-,38?;11-,13-,14?,16-;5-,7-,8?,10-;/m1111./s1. The molecule has 5 fully saturated rings. The van der Waals surface area contributed by atoms with Gasteiger partial charge in [-0.2, -0.15) is 19.9 Å². The second-order valence-electron chi connectivity index (χ2n) is 34.1. The molecule has 5 aliphatic heterocycles. The van der Waals surface area contributed by atoms with Crippen LogP contribution < -0.4 is 61.3 Å².